The molecule has 8 heteroatoms. The minimum Gasteiger partial charge on any atom is -0.489 e. The molecule has 0 unspecified atom stereocenters. The van der Waals surface area contributed by atoms with E-state index in [4.69, 9.17) is 16.3 Å². The molecular weight excluding hydrogens is 362 g/mol. The van der Waals surface area contributed by atoms with E-state index in [2.05, 4.69) is 14.6 Å². The quantitative estimate of drug-likeness (QED) is 0.862. The van der Waals surface area contributed by atoms with Gasteiger partial charge in [0.05, 0.1) is 5.02 Å². The van der Waals surface area contributed by atoms with Crippen molar-refractivity contribution in [2.75, 3.05) is 25.0 Å². The zero-order valence-electron chi connectivity index (χ0n) is 13.9. The van der Waals surface area contributed by atoms with Crippen molar-refractivity contribution in [3.63, 3.8) is 0 Å². The summed E-state index contributed by atoms with van der Waals surface area (Å²) < 4.78 is 31.7. The number of pyridine rings is 1. The van der Waals surface area contributed by atoms with E-state index in [0.717, 1.165) is 31.7 Å². The lowest BCUT2D eigenvalue weighted by Crippen LogP contribution is -2.38. The van der Waals surface area contributed by atoms with Gasteiger partial charge in [0.15, 0.2) is 0 Å². The van der Waals surface area contributed by atoms with E-state index in [0.29, 0.717) is 10.8 Å². The lowest BCUT2D eigenvalue weighted by Gasteiger charge is -2.33. The molecule has 1 aliphatic heterocycles. The number of para-hydroxylation sites is 1. The van der Waals surface area contributed by atoms with E-state index < -0.39 is 10.0 Å². The van der Waals surface area contributed by atoms with Crippen LogP contribution in [-0.2, 0) is 10.0 Å². The second kappa shape index (κ2) is 7.59. The number of nitrogens with zero attached hydrogens (tertiary/aromatic N) is 2. The number of anilines is 1. The van der Waals surface area contributed by atoms with Gasteiger partial charge in [0, 0.05) is 32.1 Å². The summed E-state index contributed by atoms with van der Waals surface area (Å²) in [5, 5.41) is 0.618. The summed E-state index contributed by atoms with van der Waals surface area (Å²) in [5.74, 6) is 1.48. The van der Waals surface area contributed by atoms with E-state index in [9.17, 15) is 8.42 Å². The standard InChI is InChI=1S/C17H20ClN3O3S/c1-19-25(22,23)14-6-7-17(20-12-14)21-10-8-13(9-11-21)24-16-5-3-2-4-15(16)18/h2-7,12-13,19H,8-11H2,1H3. The minimum absolute atomic E-state index is 0.111. The zero-order valence-corrected chi connectivity index (χ0v) is 15.4. The van der Waals surface area contributed by atoms with Crippen molar-refractivity contribution >= 4 is 27.4 Å². The highest BCUT2D eigenvalue weighted by molar-refractivity contribution is 7.89. The molecular formula is C17H20ClN3O3S. The first-order valence-corrected chi connectivity index (χ1v) is 9.91. The van der Waals surface area contributed by atoms with Crippen molar-refractivity contribution in [2.24, 2.45) is 0 Å². The number of aromatic nitrogens is 1. The number of piperidine rings is 1. The van der Waals surface area contributed by atoms with Gasteiger partial charge in [-0.25, -0.2) is 18.1 Å². The fourth-order valence-corrected chi connectivity index (χ4v) is 3.61. The Hall–Kier alpha value is -1.83. The fourth-order valence-electron chi connectivity index (χ4n) is 2.76. The second-order valence-electron chi connectivity index (χ2n) is 5.79. The van der Waals surface area contributed by atoms with Gasteiger partial charge in [-0.05, 0) is 31.3 Å². The Labute approximate surface area is 152 Å². The summed E-state index contributed by atoms with van der Waals surface area (Å²) in [6.45, 7) is 1.58. The van der Waals surface area contributed by atoms with Gasteiger partial charge in [-0.15, -0.1) is 0 Å². The Bertz CT molecular complexity index is 819. The van der Waals surface area contributed by atoms with Crippen LogP contribution >= 0.6 is 11.6 Å². The summed E-state index contributed by atoms with van der Waals surface area (Å²) in [5.41, 5.74) is 0. The topological polar surface area (TPSA) is 71.5 Å². The molecule has 0 atom stereocenters. The molecule has 1 N–H and O–H groups in total. The highest BCUT2D eigenvalue weighted by Crippen LogP contribution is 2.27. The van der Waals surface area contributed by atoms with E-state index >= 15 is 0 Å². The highest BCUT2D eigenvalue weighted by atomic mass is 35.5. The van der Waals surface area contributed by atoms with E-state index in [1.165, 1.54) is 13.2 Å². The Morgan fingerprint density at radius 2 is 1.92 bits per heavy atom. The number of nitrogens with one attached hydrogen (secondary N) is 1. The normalized spacial score (nSPS) is 16.0. The molecule has 3 rings (SSSR count). The molecule has 0 radical (unpaired) electrons. The molecule has 1 aromatic carbocycles. The Morgan fingerprint density at radius 3 is 2.52 bits per heavy atom. The first-order valence-electron chi connectivity index (χ1n) is 8.05. The van der Waals surface area contributed by atoms with Crippen LogP contribution in [0.15, 0.2) is 47.5 Å². The molecule has 1 saturated heterocycles. The first-order chi connectivity index (χ1) is 12.0. The van der Waals surface area contributed by atoms with Crippen molar-refractivity contribution in [1.29, 1.82) is 0 Å². The van der Waals surface area contributed by atoms with Gasteiger partial charge in [-0.1, -0.05) is 23.7 Å². The van der Waals surface area contributed by atoms with Crippen LogP contribution in [0.5, 0.6) is 5.75 Å². The maximum atomic E-state index is 11.7. The predicted octanol–water partition coefficient (Wildman–Crippen LogP) is 2.69. The van der Waals surface area contributed by atoms with Gasteiger partial charge in [-0.2, -0.15) is 0 Å². The highest BCUT2D eigenvalue weighted by Gasteiger charge is 2.22. The molecule has 0 bridgehead atoms. The predicted molar refractivity (Wildman–Crippen MR) is 97.8 cm³/mol. The van der Waals surface area contributed by atoms with Crippen LogP contribution in [0.1, 0.15) is 12.8 Å². The van der Waals surface area contributed by atoms with Gasteiger partial charge < -0.3 is 9.64 Å². The molecule has 25 heavy (non-hydrogen) atoms. The van der Waals surface area contributed by atoms with Crippen LogP contribution in [0.25, 0.3) is 0 Å². The molecule has 1 aliphatic rings. The minimum atomic E-state index is -3.46. The van der Waals surface area contributed by atoms with Crippen molar-refractivity contribution in [2.45, 2.75) is 23.8 Å². The maximum absolute atomic E-state index is 11.7. The third-order valence-electron chi connectivity index (χ3n) is 4.20. The van der Waals surface area contributed by atoms with E-state index in [1.807, 2.05) is 24.3 Å². The van der Waals surface area contributed by atoms with Crippen molar-refractivity contribution in [3.8, 4) is 5.75 Å². The molecule has 6 nitrogen and oxygen atoms in total. The van der Waals surface area contributed by atoms with Crippen LogP contribution in [0.3, 0.4) is 0 Å². The number of hydrogen-bond donors (Lipinski definition) is 1. The summed E-state index contributed by atoms with van der Waals surface area (Å²) in [6, 6.07) is 10.8. The SMILES string of the molecule is CNS(=O)(=O)c1ccc(N2CCC(Oc3ccccc3Cl)CC2)nc1. The smallest absolute Gasteiger partial charge is 0.241 e. The molecule has 0 spiro atoms. The third-order valence-corrected chi connectivity index (χ3v) is 5.91. The summed E-state index contributed by atoms with van der Waals surface area (Å²) in [6.07, 6.45) is 3.19. The molecule has 0 saturated carbocycles. The van der Waals surface area contributed by atoms with Gasteiger partial charge in [-0.3, -0.25) is 0 Å². The lowest BCUT2D eigenvalue weighted by atomic mass is 10.1. The van der Waals surface area contributed by atoms with Crippen molar-refractivity contribution in [1.82, 2.24) is 9.71 Å². The van der Waals surface area contributed by atoms with E-state index in [1.54, 1.807) is 12.1 Å². The number of rotatable bonds is 5. The van der Waals surface area contributed by atoms with E-state index in [-0.39, 0.29) is 11.0 Å². The average molecular weight is 382 g/mol. The third kappa shape index (κ3) is 4.23. The average Bonchev–Trinajstić information content (AvgIpc) is 2.64. The fraction of sp³-hybridized carbons (Fsp3) is 0.353. The molecule has 134 valence electrons. The second-order valence-corrected chi connectivity index (χ2v) is 8.09. The lowest BCUT2D eigenvalue weighted by molar-refractivity contribution is 0.171. The molecule has 0 amide bonds. The van der Waals surface area contributed by atoms with Gasteiger partial charge in [0.25, 0.3) is 0 Å². The Balaban J connectivity index is 1.60. The number of ether oxygens (including phenoxy) is 1. The van der Waals surface area contributed by atoms with Crippen LogP contribution < -0.4 is 14.4 Å². The van der Waals surface area contributed by atoms with Crippen LogP contribution in [0.2, 0.25) is 5.02 Å². The van der Waals surface area contributed by atoms with Gasteiger partial charge in [0.1, 0.15) is 22.6 Å². The summed E-state index contributed by atoms with van der Waals surface area (Å²) >= 11 is 6.13. The maximum Gasteiger partial charge on any atom is 0.241 e. The largest absolute Gasteiger partial charge is 0.489 e. The molecule has 2 heterocycles. The Morgan fingerprint density at radius 1 is 1.20 bits per heavy atom. The molecule has 1 aromatic heterocycles. The number of halogens is 1. The van der Waals surface area contributed by atoms with Gasteiger partial charge >= 0.3 is 0 Å². The van der Waals surface area contributed by atoms with Crippen LogP contribution in [-0.4, -0.2) is 39.6 Å². The Kier molecular flexibility index (Phi) is 5.46. The van der Waals surface area contributed by atoms with Crippen molar-refractivity contribution in [3.05, 3.63) is 47.6 Å². The van der Waals surface area contributed by atoms with Gasteiger partial charge in [0.2, 0.25) is 10.0 Å². The monoisotopic (exact) mass is 381 g/mol. The van der Waals surface area contributed by atoms with Crippen molar-refractivity contribution < 1.29 is 13.2 Å². The zero-order chi connectivity index (χ0) is 17.9. The molecule has 2 aromatic rings. The van der Waals surface area contributed by atoms with Crippen LogP contribution in [0, 0.1) is 0 Å². The first kappa shape index (κ1) is 18.0. The summed E-state index contributed by atoms with van der Waals surface area (Å²) in [7, 11) is -2.07. The van der Waals surface area contributed by atoms with Crippen LogP contribution in [0.4, 0.5) is 5.82 Å². The summed E-state index contributed by atoms with van der Waals surface area (Å²) in [4.78, 5) is 6.57. The molecule has 0 aliphatic carbocycles. The number of sulfonamides is 1. The molecule has 1 fully saturated rings. The number of benzene rings is 1. The number of hydrogen-bond acceptors (Lipinski definition) is 5.